The van der Waals surface area contributed by atoms with Gasteiger partial charge in [-0.1, -0.05) is 0 Å². The molecule has 0 radical (unpaired) electrons. The lowest BCUT2D eigenvalue weighted by Gasteiger charge is -2.46. The molecule has 29 heteroatoms. The van der Waals surface area contributed by atoms with Crippen LogP contribution >= 0.6 is 0 Å². The zero-order valence-electron chi connectivity index (χ0n) is 37.4. The summed E-state index contributed by atoms with van der Waals surface area (Å²) in [4.78, 5) is 51.9. The van der Waals surface area contributed by atoms with E-state index in [0.717, 1.165) is 4.90 Å². The quantitative estimate of drug-likeness (QED) is 0.0399. The van der Waals surface area contributed by atoms with E-state index in [9.17, 15) is 85.6 Å². The number of carbonyl (C=O) groups is 4. The maximum Gasteiger partial charge on any atom is 0.239 e. The number of carbonyl (C=O) groups excluding carboxylic acids is 4. The number of aliphatic hydroxyl groups is 13. The summed E-state index contributed by atoms with van der Waals surface area (Å²) in [6.07, 6.45) is -32.5. The van der Waals surface area contributed by atoms with Gasteiger partial charge in [0.05, 0.1) is 39.1 Å². The molecule has 0 bridgehead atoms. The van der Waals surface area contributed by atoms with Crippen LogP contribution in [0, 0.1) is 0 Å². The largest absolute Gasteiger partial charge is 0.394 e. The molecule has 4 amide bonds. The fraction of sp³-hybridized carbons (Fsp3) is 0.897. The van der Waals surface area contributed by atoms with Gasteiger partial charge >= 0.3 is 0 Å². The molecule has 0 aliphatic carbocycles. The van der Waals surface area contributed by atoms with Gasteiger partial charge < -0.3 is 125 Å². The van der Waals surface area contributed by atoms with E-state index in [2.05, 4.69) is 16.0 Å². The lowest BCUT2D eigenvalue weighted by molar-refractivity contribution is -0.366. The third kappa shape index (κ3) is 15.5. The molecule has 4 aliphatic rings. The summed E-state index contributed by atoms with van der Waals surface area (Å²) < 4.78 is 44.0. The molecule has 4 aliphatic heterocycles. The summed E-state index contributed by atoms with van der Waals surface area (Å²) in [6.45, 7) is -3.27. The molecule has 4 fully saturated rings. The SMILES string of the molecule is CNC(=O)CCCCC(=O)N(CC(=O)NCCO[C@H]1OC(CO[C@H]2O[C@H](CO)[C@@H](O)[C@H](O)[C@@H]2O)[C@@H](O)[C@H](O[C@H]2OC(CO)[C@@H](O)[C@H](O)C2O)C1O)CC(=O)NCCO[C@@H]1O[C@@H](C)[C@@H](O)[C@@H](O)[C@@H]1O. The fourth-order valence-electron chi connectivity index (χ4n) is 7.49. The molecule has 4 saturated heterocycles. The molecule has 20 atom stereocenters. The van der Waals surface area contributed by atoms with Crippen molar-refractivity contribution in [2.75, 3.05) is 66.3 Å². The van der Waals surface area contributed by atoms with Gasteiger partial charge in [-0.2, -0.15) is 0 Å². The summed E-state index contributed by atoms with van der Waals surface area (Å²) in [5.41, 5.74) is 0. The Morgan fingerprint density at radius 2 is 0.971 bits per heavy atom. The van der Waals surface area contributed by atoms with Crippen LogP contribution in [-0.4, -0.2) is 284 Å². The minimum Gasteiger partial charge on any atom is -0.394 e. The van der Waals surface area contributed by atoms with E-state index in [1.165, 1.54) is 14.0 Å². The van der Waals surface area contributed by atoms with Crippen molar-refractivity contribution in [1.29, 1.82) is 0 Å². The first-order valence-corrected chi connectivity index (χ1v) is 22.1. The molecule has 0 aromatic carbocycles. The average Bonchev–Trinajstić information content (AvgIpc) is 3.32. The molecule has 0 spiro atoms. The Hall–Kier alpha value is -2.96. The highest BCUT2D eigenvalue weighted by molar-refractivity contribution is 5.89. The van der Waals surface area contributed by atoms with E-state index < -0.39 is 180 Å². The third-order valence-electron chi connectivity index (χ3n) is 11.6. The maximum absolute atomic E-state index is 13.2. The molecule has 0 aromatic rings. The van der Waals surface area contributed by atoms with E-state index in [1.807, 2.05) is 0 Å². The first kappa shape index (κ1) is 57.6. The van der Waals surface area contributed by atoms with Gasteiger partial charge in [-0.15, -0.1) is 0 Å². The molecule has 4 heterocycles. The zero-order valence-corrected chi connectivity index (χ0v) is 37.4. The van der Waals surface area contributed by atoms with Gasteiger partial charge in [0.25, 0.3) is 0 Å². The van der Waals surface area contributed by atoms with Gasteiger partial charge in [0.2, 0.25) is 23.6 Å². The topological polar surface area (TPSA) is 444 Å². The molecule has 68 heavy (non-hydrogen) atoms. The van der Waals surface area contributed by atoms with Crippen LogP contribution in [-0.2, 0) is 57.1 Å². The second-order valence-electron chi connectivity index (χ2n) is 16.6. The van der Waals surface area contributed by atoms with E-state index in [0.29, 0.717) is 6.42 Å². The monoisotopic (exact) mass is 992 g/mol. The van der Waals surface area contributed by atoms with E-state index in [4.69, 9.17) is 37.9 Å². The molecule has 0 aromatic heterocycles. The van der Waals surface area contributed by atoms with Crippen molar-refractivity contribution in [1.82, 2.24) is 20.9 Å². The number of nitrogens with one attached hydrogen (secondary N) is 3. The highest BCUT2D eigenvalue weighted by atomic mass is 16.8. The summed E-state index contributed by atoms with van der Waals surface area (Å²) in [5, 5.41) is 141. The summed E-state index contributed by atoms with van der Waals surface area (Å²) in [7, 11) is 1.46. The number of unbranched alkanes of at least 4 members (excludes halogenated alkanes) is 1. The van der Waals surface area contributed by atoms with E-state index in [1.54, 1.807) is 0 Å². The Morgan fingerprint density at radius 3 is 1.50 bits per heavy atom. The second kappa shape index (κ2) is 27.6. The molecular weight excluding hydrogens is 924 g/mol. The highest BCUT2D eigenvalue weighted by Gasteiger charge is 2.52. The average molecular weight is 993 g/mol. The summed E-state index contributed by atoms with van der Waals surface area (Å²) in [5.74, 6) is -2.36. The van der Waals surface area contributed by atoms with E-state index in [-0.39, 0.29) is 44.9 Å². The number of nitrogens with zero attached hydrogens (tertiary/aromatic N) is 1. The van der Waals surface area contributed by atoms with Gasteiger partial charge in [-0.25, -0.2) is 0 Å². The highest BCUT2D eigenvalue weighted by Crippen LogP contribution is 2.31. The lowest BCUT2D eigenvalue weighted by Crippen LogP contribution is -2.65. The Balaban J connectivity index is 1.37. The first-order valence-electron chi connectivity index (χ1n) is 22.1. The predicted octanol–water partition coefficient (Wildman–Crippen LogP) is -10.3. The molecule has 16 N–H and O–H groups in total. The molecular formula is C39H68N4O25. The standard InChI is InChI=1S/C39H68N4O25/c1-16-24(50)28(54)31(57)36(64-16)61-9-7-41-21(47)11-43(23(49)6-4-3-5-20(46)40-2)12-22(48)42-8-10-62-38-34(60)35(68-39-33(59)30(56)26(52)18(14-45)66-39)27(53)19(67-38)15-63-37-32(58)29(55)25(51)17(13-44)65-37/h16-19,24-39,44-45,50-60H,3-15H2,1-2H3,(H,40,46)(H,41,47)(H,42,48)/t16-,17+,18?,19?,24+,25+,26+,27+,28+,29-,30-,31-,32-,33?,34?,35-,36+,37-,38-,39+/m0/s1. The van der Waals surface area contributed by atoms with Crippen molar-refractivity contribution in [3.05, 3.63) is 0 Å². The Morgan fingerprint density at radius 1 is 0.515 bits per heavy atom. The lowest BCUT2D eigenvalue weighted by atomic mass is 9.96. The number of aliphatic hydroxyl groups excluding tert-OH is 13. The van der Waals surface area contributed by atoms with Crippen molar-refractivity contribution in [3.8, 4) is 0 Å². The van der Waals surface area contributed by atoms with Crippen molar-refractivity contribution >= 4 is 23.6 Å². The van der Waals surface area contributed by atoms with Crippen molar-refractivity contribution in [2.45, 2.75) is 155 Å². The number of hydrogen-bond donors (Lipinski definition) is 16. The number of amides is 4. The van der Waals surface area contributed by atoms with Crippen molar-refractivity contribution < 1.29 is 123 Å². The Labute approximate surface area is 389 Å². The van der Waals surface area contributed by atoms with Gasteiger partial charge in [0.15, 0.2) is 25.2 Å². The third-order valence-corrected chi connectivity index (χ3v) is 11.6. The van der Waals surface area contributed by atoms with Gasteiger partial charge in [-0.3, -0.25) is 19.2 Å². The van der Waals surface area contributed by atoms with Crippen molar-refractivity contribution in [3.63, 3.8) is 0 Å². The van der Waals surface area contributed by atoms with Crippen LogP contribution in [0.15, 0.2) is 0 Å². The molecule has 0 saturated carbocycles. The van der Waals surface area contributed by atoms with Gasteiger partial charge in [-0.05, 0) is 19.8 Å². The van der Waals surface area contributed by atoms with Gasteiger partial charge in [0.1, 0.15) is 105 Å². The van der Waals surface area contributed by atoms with Crippen LogP contribution in [0.5, 0.6) is 0 Å². The predicted molar refractivity (Wildman–Crippen MR) is 218 cm³/mol. The normalized spacial score (nSPS) is 38.6. The minimum atomic E-state index is -1.98. The zero-order chi connectivity index (χ0) is 50.4. The van der Waals surface area contributed by atoms with Crippen LogP contribution in [0.1, 0.15) is 32.6 Å². The van der Waals surface area contributed by atoms with Crippen LogP contribution in [0.3, 0.4) is 0 Å². The maximum atomic E-state index is 13.2. The van der Waals surface area contributed by atoms with Crippen molar-refractivity contribution in [2.24, 2.45) is 0 Å². The smallest absolute Gasteiger partial charge is 0.239 e. The summed E-state index contributed by atoms with van der Waals surface area (Å²) in [6, 6.07) is 0. The molecule has 29 nitrogen and oxygen atoms in total. The van der Waals surface area contributed by atoms with Crippen LogP contribution < -0.4 is 16.0 Å². The number of ether oxygens (including phenoxy) is 8. The molecule has 4 rings (SSSR count). The van der Waals surface area contributed by atoms with E-state index >= 15 is 0 Å². The number of rotatable bonds is 24. The van der Waals surface area contributed by atoms with Crippen LogP contribution in [0.25, 0.3) is 0 Å². The Kier molecular flexibility index (Phi) is 23.4. The summed E-state index contributed by atoms with van der Waals surface area (Å²) >= 11 is 0. The minimum absolute atomic E-state index is 0.129. The Bertz CT molecular complexity index is 1570. The molecule has 4 unspecified atom stereocenters. The van der Waals surface area contributed by atoms with Crippen LogP contribution in [0.4, 0.5) is 0 Å². The second-order valence-corrected chi connectivity index (χ2v) is 16.6. The fourth-order valence-corrected chi connectivity index (χ4v) is 7.49. The first-order chi connectivity index (χ1) is 32.2. The number of hydrogen-bond acceptors (Lipinski definition) is 25. The van der Waals surface area contributed by atoms with Gasteiger partial charge in [0, 0.05) is 33.0 Å². The van der Waals surface area contributed by atoms with Crippen LogP contribution in [0.2, 0.25) is 0 Å². The molecule has 394 valence electrons.